The van der Waals surface area contributed by atoms with Crippen molar-refractivity contribution in [3.63, 3.8) is 0 Å². The second-order valence-electron chi connectivity index (χ2n) is 2.64. The van der Waals surface area contributed by atoms with E-state index in [1.54, 1.807) is 6.92 Å². The Morgan fingerprint density at radius 1 is 1.62 bits per heavy atom. The number of hydrogen-bond donors (Lipinski definition) is 0. The molecule has 0 saturated carbocycles. The number of halogens is 1. The van der Waals surface area contributed by atoms with Gasteiger partial charge in [-0.1, -0.05) is 23.7 Å². The molecule has 0 heterocycles. The van der Waals surface area contributed by atoms with E-state index in [0.717, 1.165) is 5.56 Å². The maximum absolute atomic E-state index is 8.46. The topological polar surface area (TPSA) is 36.1 Å². The summed E-state index contributed by atoms with van der Waals surface area (Å²) in [5.74, 6) is 0. The fourth-order valence-corrected chi connectivity index (χ4v) is 1.09. The van der Waals surface area contributed by atoms with Crippen LogP contribution in [0.15, 0.2) is 29.3 Å². The second kappa shape index (κ2) is 4.64. The molecule has 0 atom stereocenters. The molecule has 0 amide bonds. The lowest BCUT2D eigenvalue weighted by atomic mass is 10.2. The van der Waals surface area contributed by atoms with E-state index in [1.807, 2.05) is 30.3 Å². The van der Waals surface area contributed by atoms with E-state index in [-0.39, 0.29) is 0 Å². The molecule has 1 rings (SSSR count). The van der Waals surface area contributed by atoms with E-state index in [9.17, 15) is 0 Å². The fraction of sp³-hybridized carbons (Fsp3) is 0.200. The molecule has 0 radical (unpaired) electrons. The highest BCUT2D eigenvalue weighted by molar-refractivity contribution is 6.30. The van der Waals surface area contributed by atoms with Crippen LogP contribution in [0.2, 0.25) is 5.02 Å². The van der Waals surface area contributed by atoms with Crippen molar-refractivity contribution in [1.82, 2.24) is 0 Å². The maximum Gasteiger partial charge on any atom is 0.114 e. The van der Waals surface area contributed by atoms with Gasteiger partial charge in [0.1, 0.15) is 11.8 Å². The number of aliphatic imine (C=N–C) groups is 1. The van der Waals surface area contributed by atoms with Gasteiger partial charge in [0.2, 0.25) is 0 Å². The van der Waals surface area contributed by atoms with Gasteiger partial charge in [-0.2, -0.15) is 5.26 Å². The standard InChI is InChI=1S/C10H9ClN2/c1-8(6-12)13-7-9-3-2-4-10(11)5-9/h2-5H,7H2,1H3. The third-order valence-electron chi connectivity index (χ3n) is 1.55. The molecular weight excluding hydrogens is 184 g/mol. The first-order chi connectivity index (χ1) is 6.22. The van der Waals surface area contributed by atoms with Gasteiger partial charge in [0.05, 0.1) is 6.54 Å². The van der Waals surface area contributed by atoms with Gasteiger partial charge in [0.15, 0.2) is 0 Å². The summed E-state index contributed by atoms with van der Waals surface area (Å²) in [6, 6.07) is 9.42. The number of rotatable bonds is 2. The lowest BCUT2D eigenvalue weighted by Crippen LogP contribution is -1.87. The highest BCUT2D eigenvalue weighted by Gasteiger charge is 1.92. The minimum Gasteiger partial charge on any atom is -0.274 e. The van der Waals surface area contributed by atoms with Crippen LogP contribution in [-0.2, 0) is 6.54 Å². The second-order valence-corrected chi connectivity index (χ2v) is 3.08. The third kappa shape index (κ3) is 3.27. The van der Waals surface area contributed by atoms with Crippen LogP contribution in [-0.4, -0.2) is 5.71 Å². The highest BCUT2D eigenvalue weighted by Crippen LogP contribution is 2.11. The van der Waals surface area contributed by atoms with Crippen molar-refractivity contribution in [2.45, 2.75) is 13.5 Å². The minimum atomic E-state index is 0.486. The summed E-state index contributed by atoms with van der Waals surface area (Å²) in [6.45, 7) is 2.20. The Bertz CT molecular complexity index is 363. The summed E-state index contributed by atoms with van der Waals surface area (Å²) in [7, 11) is 0. The zero-order chi connectivity index (χ0) is 9.68. The quantitative estimate of drug-likeness (QED) is 0.664. The van der Waals surface area contributed by atoms with Crippen LogP contribution in [0.25, 0.3) is 0 Å². The number of hydrogen-bond acceptors (Lipinski definition) is 2. The number of nitriles is 1. The maximum atomic E-state index is 8.46. The van der Waals surface area contributed by atoms with E-state index in [4.69, 9.17) is 16.9 Å². The SMILES string of the molecule is CC(C#N)=NCc1cccc(Cl)c1. The Morgan fingerprint density at radius 3 is 3.00 bits per heavy atom. The molecule has 0 N–H and O–H groups in total. The summed E-state index contributed by atoms with van der Waals surface area (Å²) in [5, 5.41) is 9.16. The molecule has 66 valence electrons. The predicted octanol–water partition coefficient (Wildman–Crippen LogP) is 2.82. The van der Waals surface area contributed by atoms with E-state index in [1.165, 1.54) is 0 Å². The molecule has 1 aromatic rings. The summed E-state index contributed by atoms with van der Waals surface area (Å²) < 4.78 is 0. The Kier molecular flexibility index (Phi) is 3.48. The van der Waals surface area contributed by atoms with Crippen molar-refractivity contribution < 1.29 is 0 Å². The van der Waals surface area contributed by atoms with Crippen molar-refractivity contribution in [2.75, 3.05) is 0 Å². The van der Waals surface area contributed by atoms with E-state index in [2.05, 4.69) is 4.99 Å². The molecule has 0 saturated heterocycles. The van der Waals surface area contributed by atoms with Crippen LogP contribution in [0.4, 0.5) is 0 Å². The lowest BCUT2D eigenvalue weighted by Gasteiger charge is -1.96. The van der Waals surface area contributed by atoms with Crippen molar-refractivity contribution in [1.29, 1.82) is 5.26 Å². The number of benzene rings is 1. The average molecular weight is 193 g/mol. The minimum absolute atomic E-state index is 0.486. The molecule has 0 unspecified atom stereocenters. The van der Waals surface area contributed by atoms with Crippen LogP contribution in [0.3, 0.4) is 0 Å². The van der Waals surface area contributed by atoms with Gasteiger partial charge in [-0.25, -0.2) is 0 Å². The molecule has 3 heteroatoms. The summed E-state index contributed by atoms with van der Waals surface area (Å²) in [6.07, 6.45) is 0. The van der Waals surface area contributed by atoms with Gasteiger partial charge in [0, 0.05) is 5.02 Å². The van der Waals surface area contributed by atoms with Crippen LogP contribution in [0, 0.1) is 11.3 Å². The largest absolute Gasteiger partial charge is 0.274 e. The van der Waals surface area contributed by atoms with Crippen molar-refractivity contribution >= 4 is 17.3 Å². The van der Waals surface area contributed by atoms with Gasteiger partial charge in [-0.3, -0.25) is 4.99 Å². The highest BCUT2D eigenvalue weighted by atomic mass is 35.5. The molecule has 0 aliphatic rings. The number of nitrogens with zero attached hydrogens (tertiary/aromatic N) is 2. The zero-order valence-electron chi connectivity index (χ0n) is 7.29. The smallest absolute Gasteiger partial charge is 0.114 e. The van der Waals surface area contributed by atoms with Crippen LogP contribution >= 0.6 is 11.6 Å². The first-order valence-corrected chi connectivity index (χ1v) is 4.26. The Morgan fingerprint density at radius 2 is 2.38 bits per heavy atom. The van der Waals surface area contributed by atoms with Gasteiger partial charge in [-0.15, -0.1) is 0 Å². The van der Waals surface area contributed by atoms with Gasteiger partial charge >= 0.3 is 0 Å². The van der Waals surface area contributed by atoms with E-state index in [0.29, 0.717) is 17.3 Å². The monoisotopic (exact) mass is 192 g/mol. The van der Waals surface area contributed by atoms with Crippen molar-refractivity contribution in [2.24, 2.45) is 4.99 Å². The molecule has 0 spiro atoms. The molecule has 0 aliphatic carbocycles. The summed E-state index contributed by atoms with van der Waals surface area (Å²) in [4.78, 5) is 4.05. The molecule has 1 aromatic carbocycles. The van der Waals surface area contributed by atoms with E-state index >= 15 is 0 Å². The molecule has 13 heavy (non-hydrogen) atoms. The van der Waals surface area contributed by atoms with Gasteiger partial charge in [-0.05, 0) is 24.6 Å². The van der Waals surface area contributed by atoms with Gasteiger partial charge < -0.3 is 0 Å². The van der Waals surface area contributed by atoms with E-state index < -0.39 is 0 Å². The van der Waals surface area contributed by atoms with Crippen LogP contribution in [0.1, 0.15) is 12.5 Å². The summed E-state index contributed by atoms with van der Waals surface area (Å²) in [5.41, 5.74) is 1.50. The molecular formula is C10H9ClN2. The molecule has 0 aliphatic heterocycles. The first-order valence-electron chi connectivity index (χ1n) is 3.88. The van der Waals surface area contributed by atoms with Crippen molar-refractivity contribution in [3.05, 3.63) is 34.9 Å². The first kappa shape index (κ1) is 9.76. The van der Waals surface area contributed by atoms with Gasteiger partial charge in [0.25, 0.3) is 0 Å². The molecule has 0 aromatic heterocycles. The predicted molar refractivity (Wildman–Crippen MR) is 53.9 cm³/mol. The zero-order valence-corrected chi connectivity index (χ0v) is 8.04. The summed E-state index contributed by atoms with van der Waals surface area (Å²) >= 11 is 5.78. The third-order valence-corrected chi connectivity index (χ3v) is 1.78. The van der Waals surface area contributed by atoms with Crippen LogP contribution in [0.5, 0.6) is 0 Å². The Hall–Kier alpha value is -1.33. The van der Waals surface area contributed by atoms with Crippen LogP contribution < -0.4 is 0 Å². The lowest BCUT2D eigenvalue weighted by molar-refractivity contribution is 1.07. The Labute approximate surface area is 82.5 Å². The Balaban J connectivity index is 2.71. The molecule has 2 nitrogen and oxygen atoms in total. The van der Waals surface area contributed by atoms with Crippen molar-refractivity contribution in [3.8, 4) is 6.07 Å². The fourth-order valence-electron chi connectivity index (χ4n) is 0.881. The molecule has 0 fully saturated rings. The average Bonchev–Trinajstić information content (AvgIpc) is 2.14. The normalized spacial score (nSPS) is 11.0. The molecule has 0 bridgehead atoms.